The SMILES string of the molecule is COc1ccc(COc2cc(OC)c(-n3nc(C)c4cnc(-c5cnn6cccnc56)cc43)cc2F)cc1. The molecule has 6 aromatic rings. The third kappa shape index (κ3) is 4.05. The first-order valence-corrected chi connectivity index (χ1v) is 11.8. The lowest BCUT2D eigenvalue weighted by atomic mass is 10.1. The van der Waals surface area contributed by atoms with E-state index in [-0.39, 0.29) is 12.4 Å². The molecule has 0 radical (unpaired) electrons. The molecule has 0 aliphatic carbocycles. The summed E-state index contributed by atoms with van der Waals surface area (Å²) in [7, 11) is 3.13. The van der Waals surface area contributed by atoms with E-state index in [1.54, 1.807) is 34.9 Å². The van der Waals surface area contributed by atoms with Crippen molar-refractivity contribution < 1.29 is 18.6 Å². The minimum Gasteiger partial charge on any atom is -0.497 e. The molecule has 4 aromatic heterocycles. The summed E-state index contributed by atoms with van der Waals surface area (Å²) in [5, 5.41) is 9.87. The van der Waals surface area contributed by atoms with Crippen molar-refractivity contribution >= 4 is 16.6 Å². The molecule has 0 spiro atoms. The second-order valence-corrected chi connectivity index (χ2v) is 8.62. The van der Waals surface area contributed by atoms with Crippen molar-refractivity contribution in [2.24, 2.45) is 0 Å². The van der Waals surface area contributed by atoms with E-state index in [0.717, 1.165) is 33.5 Å². The second kappa shape index (κ2) is 9.47. The van der Waals surface area contributed by atoms with Crippen molar-refractivity contribution in [2.75, 3.05) is 14.2 Å². The van der Waals surface area contributed by atoms with Crippen molar-refractivity contribution in [3.63, 3.8) is 0 Å². The van der Waals surface area contributed by atoms with Crippen molar-refractivity contribution in [3.05, 3.63) is 90.4 Å². The molecule has 9 nitrogen and oxygen atoms in total. The molecule has 4 heterocycles. The topological polar surface area (TPSA) is 88.6 Å². The predicted molar refractivity (Wildman–Crippen MR) is 139 cm³/mol. The summed E-state index contributed by atoms with van der Waals surface area (Å²) in [5.74, 6) is 0.701. The average Bonchev–Trinajstić information content (AvgIpc) is 3.53. The van der Waals surface area contributed by atoms with Gasteiger partial charge in [0.05, 0.1) is 42.9 Å². The van der Waals surface area contributed by atoms with Gasteiger partial charge in [0.15, 0.2) is 17.2 Å². The van der Waals surface area contributed by atoms with Crippen LogP contribution in [0.2, 0.25) is 0 Å². The number of aryl methyl sites for hydroxylation is 1. The van der Waals surface area contributed by atoms with E-state index in [1.807, 2.05) is 49.5 Å². The van der Waals surface area contributed by atoms with Gasteiger partial charge < -0.3 is 14.2 Å². The van der Waals surface area contributed by atoms with E-state index < -0.39 is 5.82 Å². The first-order valence-electron chi connectivity index (χ1n) is 11.8. The summed E-state index contributed by atoms with van der Waals surface area (Å²) in [6.07, 6.45) is 7.01. The fourth-order valence-corrected chi connectivity index (χ4v) is 4.34. The highest BCUT2D eigenvalue weighted by Crippen LogP contribution is 2.35. The number of aromatic nitrogens is 6. The van der Waals surface area contributed by atoms with Crippen LogP contribution in [0.25, 0.3) is 33.5 Å². The fraction of sp³-hybridized carbons (Fsp3) is 0.143. The number of pyridine rings is 1. The van der Waals surface area contributed by atoms with Crippen LogP contribution in [0.3, 0.4) is 0 Å². The van der Waals surface area contributed by atoms with Gasteiger partial charge in [0, 0.05) is 36.1 Å². The van der Waals surface area contributed by atoms with Gasteiger partial charge in [-0.15, -0.1) is 0 Å². The molecule has 0 amide bonds. The predicted octanol–water partition coefficient (Wildman–Crippen LogP) is 5.17. The zero-order valence-corrected chi connectivity index (χ0v) is 20.9. The number of fused-ring (bicyclic) bond motifs is 2. The number of ether oxygens (including phenoxy) is 3. The Morgan fingerprint density at radius 2 is 1.79 bits per heavy atom. The summed E-state index contributed by atoms with van der Waals surface area (Å²) in [6, 6.07) is 14.0. The van der Waals surface area contributed by atoms with Gasteiger partial charge in [0.2, 0.25) is 0 Å². The Balaban J connectivity index is 1.38. The summed E-state index contributed by atoms with van der Waals surface area (Å²) < 4.78 is 35.2. The average molecular weight is 511 g/mol. The maximum atomic E-state index is 15.3. The van der Waals surface area contributed by atoms with Crippen LogP contribution in [-0.4, -0.2) is 43.6 Å². The summed E-state index contributed by atoms with van der Waals surface area (Å²) in [4.78, 5) is 9.05. The lowest BCUT2D eigenvalue weighted by Crippen LogP contribution is -2.04. The lowest BCUT2D eigenvalue weighted by Gasteiger charge is -2.14. The number of nitrogens with zero attached hydrogens (tertiary/aromatic N) is 6. The van der Waals surface area contributed by atoms with Crippen LogP contribution in [-0.2, 0) is 6.61 Å². The van der Waals surface area contributed by atoms with Gasteiger partial charge >= 0.3 is 0 Å². The lowest BCUT2D eigenvalue weighted by molar-refractivity contribution is 0.287. The molecule has 0 aliphatic heterocycles. The van der Waals surface area contributed by atoms with Crippen LogP contribution in [0.15, 0.2) is 73.3 Å². The van der Waals surface area contributed by atoms with E-state index >= 15 is 4.39 Å². The van der Waals surface area contributed by atoms with Crippen molar-refractivity contribution in [3.8, 4) is 34.2 Å². The Hall–Kier alpha value is -4.99. The Labute approximate surface area is 217 Å². The minimum absolute atomic E-state index is 0.0781. The van der Waals surface area contributed by atoms with Crippen molar-refractivity contribution in [1.29, 1.82) is 0 Å². The summed E-state index contributed by atoms with van der Waals surface area (Å²) in [5.41, 5.74) is 4.94. The molecule has 0 saturated heterocycles. The highest BCUT2D eigenvalue weighted by atomic mass is 19.1. The highest BCUT2D eigenvalue weighted by Gasteiger charge is 2.19. The molecular formula is C28H23FN6O3. The molecular weight excluding hydrogens is 487 g/mol. The fourth-order valence-electron chi connectivity index (χ4n) is 4.34. The Bertz CT molecular complexity index is 1780. The van der Waals surface area contributed by atoms with Gasteiger partial charge in [-0.1, -0.05) is 12.1 Å². The van der Waals surface area contributed by atoms with Crippen molar-refractivity contribution in [2.45, 2.75) is 13.5 Å². The van der Waals surface area contributed by atoms with Crippen LogP contribution in [0.1, 0.15) is 11.3 Å². The van der Waals surface area contributed by atoms with Crippen LogP contribution >= 0.6 is 0 Å². The van der Waals surface area contributed by atoms with Gasteiger partial charge in [-0.25, -0.2) is 18.6 Å². The Morgan fingerprint density at radius 1 is 0.947 bits per heavy atom. The number of hydrogen-bond donors (Lipinski definition) is 0. The highest BCUT2D eigenvalue weighted by molar-refractivity contribution is 5.88. The maximum Gasteiger partial charge on any atom is 0.167 e. The zero-order valence-electron chi connectivity index (χ0n) is 20.9. The summed E-state index contributed by atoms with van der Waals surface area (Å²) in [6.45, 7) is 2.07. The van der Waals surface area contributed by atoms with Gasteiger partial charge in [-0.3, -0.25) is 4.98 Å². The molecule has 190 valence electrons. The first kappa shape index (κ1) is 23.4. The van der Waals surface area contributed by atoms with Gasteiger partial charge in [-0.2, -0.15) is 10.2 Å². The number of hydrogen-bond acceptors (Lipinski definition) is 7. The van der Waals surface area contributed by atoms with E-state index in [2.05, 4.69) is 20.2 Å². The number of benzene rings is 2. The van der Waals surface area contributed by atoms with Gasteiger partial charge in [0.1, 0.15) is 23.8 Å². The molecule has 0 unspecified atom stereocenters. The van der Waals surface area contributed by atoms with Crippen LogP contribution in [0.5, 0.6) is 17.2 Å². The minimum atomic E-state index is -0.531. The standard InChI is InChI=1S/C28H23FN6O3/c1-17-20-14-31-23(21-15-32-34-10-4-9-30-28(21)34)12-24(20)35(33-17)25-11-22(29)26(13-27(25)37-3)38-16-18-5-7-19(36-2)8-6-18/h4-15H,16H2,1-3H3. The molecule has 38 heavy (non-hydrogen) atoms. The third-order valence-corrected chi connectivity index (χ3v) is 6.32. The van der Waals surface area contributed by atoms with E-state index in [4.69, 9.17) is 14.2 Å². The largest absolute Gasteiger partial charge is 0.497 e. The Morgan fingerprint density at radius 3 is 2.58 bits per heavy atom. The molecule has 10 heteroatoms. The number of rotatable bonds is 7. The number of methoxy groups -OCH3 is 2. The monoisotopic (exact) mass is 510 g/mol. The normalized spacial score (nSPS) is 11.3. The van der Waals surface area contributed by atoms with E-state index in [9.17, 15) is 0 Å². The molecule has 0 N–H and O–H groups in total. The molecule has 6 rings (SSSR count). The molecule has 0 atom stereocenters. The van der Waals surface area contributed by atoms with Crippen LogP contribution < -0.4 is 14.2 Å². The molecule has 0 fully saturated rings. The van der Waals surface area contributed by atoms with Gasteiger partial charge in [0.25, 0.3) is 0 Å². The molecule has 0 bridgehead atoms. The third-order valence-electron chi connectivity index (χ3n) is 6.32. The zero-order chi connectivity index (χ0) is 26.2. The maximum absolute atomic E-state index is 15.3. The summed E-state index contributed by atoms with van der Waals surface area (Å²) >= 11 is 0. The molecule has 0 aliphatic rings. The second-order valence-electron chi connectivity index (χ2n) is 8.62. The Kier molecular flexibility index (Phi) is 5.83. The number of halogens is 1. The van der Waals surface area contributed by atoms with E-state index in [0.29, 0.717) is 22.8 Å². The first-order chi connectivity index (χ1) is 18.6. The van der Waals surface area contributed by atoms with Crippen LogP contribution in [0.4, 0.5) is 4.39 Å². The molecule has 2 aromatic carbocycles. The quantitative estimate of drug-likeness (QED) is 0.293. The smallest absolute Gasteiger partial charge is 0.167 e. The molecule has 0 saturated carbocycles. The van der Waals surface area contributed by atoms with Crippen LogP contribution in [0, 0.1) is 12.7 Å². The van der Waals surface area contributed by atoms with E-state index in [1.165, 1.54) is 19.2 Å². The van der Waals surface area contributed by atoms with Crippen molar-refractivity contribution in [1.82, 2.24) is 29.4 Å². The van der Waals surface area contributed by atoms with Gasteiger partial charge in [-0.05, 0) is 36.8 Å².